The summed E-state index contributed by atoms with van der Waals surface area (Å²) in [6.07, 6.45) is 4.93. The highest BCUT2D eigenvalue weighted by atomic mass is 16.2. The molecule has 3 N–H and O–H groups in total. The third-order valence-corrected chi connectivity index (χ3v) is 6.49. The van der Waals surface area contributed by atoms with Crippen molar-refractivity contribution in [1.82, 2.24) is 34.4 Å². The van der Waals surface area contributed by atoms with Crippen molar-refractivity contribution < 1.29 is 4.79 Å². The molecule has 34 heavy (non-hydrogen) atoms. The van der Waals surface area contributed by atoms with E-state index in [0.717, 1.165) is 44.7 Å². The van der Waals surface area contributed by atoms with Gasteiger partial charge in [0.1, 0.15) is 23.4 Å². The number of rotatable bonds is 2. The second kappa shape index (κ2) is 7.11. The highest BCUT2D eigenvalue weighted by Gasteiger charge is 2.39. The highest BCUT2D eigenvalue weighted by Crippen LogP contribution is 2.43. The Labute approximate surface area is 195 Å². The molecule has 0 fully saturated rings. The molecule has 0 radical (unpaired) electrons. The van der Waals surface area contributed by atoms with E-state index in [4.69, 9.17) is 5.73 Å². The van der Waals surface area contributed by atoms with Gasteiger partial charge in [0.05, 0.1) is 23.2 Å². The van der Waals surface area contributed by atoms with E-state index in [9.17, 15) is 4.79 Å². The Morgan fingerprint density at radius 3 is 2.76 bits per heavy atom. The Morgan fingerprint density at radius 2 is 1.97 bits per heavy atom. The number of nitrogens with zero attached hydrogens (tertiary/aromatic N) is 6. The van der Waals surface area contributed by atoms with E-state index in [2.05, 4.69) is 49.4 Å². The Morgan fingerprint density at radius 1 is 1.12 bits per heavy atom. The molecule has 5 aromatic rings. The third kappa shape index (κ3) is 2.97. The van der Waals surface area contributed by atoms with Gasteiger partial charge in [0.2, 0.25) is 0 Å². The van der Waals surface area contributed by atoms with Crippen molar-refractivity contribution in [3.63, 3.8) is 0 Å². The Kier molecular flexibility index (Phi) is 4.26. The molecule has 9 heteroatoms. The van der Waals surface area contributed by atoms with E-state index >= 15 is 0 Å². The van der Waals surface area contributed by atoms with Crippen LogP contribution in [0.4, 0.5) is 5.82 Å². The number of aromatic nitrogens is 6. The van der Waals surface area contributed by atoms with E-state index < -0.39 is 5.54 Å². The van der Waals surface area contributed by atoms with Gasteiger partial charge in [-0.05, 0) is 51.1 Å². The van der Waals surface area contributed by atoms with Crippen LogP contribution in [0.5, 0.6) is 0 Å². The first-order chi connectivity index (χ1) is 16.3. The van der Waals surface area contributed by atoms with Crippen molar-refractivity contribution in [3.8, 4) is 11.3 Å². The van der Waals surface area contributed by atoms with Gasteiger partial charge in [-0.25, -0.2) is 15.0 Å². The Hall–Kier alpha value is -4.27. The Bertz CT molecular complexity index is 1560. The highest BCUT2D eigenvalue weighted by molar-refractivity contribution is 6.04. The molecule has 1 aliphatic heterocycles. The molecule has 1 aliphatic rings. The van der Waals surface area contributed by atoms with Gasteiger partial charge in [-0.2, -0.15) is 0 Å². The predicted molar refractivity (Wildman–Crippen MR) is 130 cm³/mol. The number of carbonyl (C=O) groups excluding carboxylic acids is 1. The molecule has 170 valence electrons. The van der Waals surface area contributed by atoms with Crippen molar-refractivity contribution >= 4 is 33.8 Å². The fourth-order valence-electron chi connectivity index (χ4n) is 5.15. The van der Waals surface area contributed by atoms with Crippen molar-refractivity contribution in [1.29, 1.82) is 0 Å². The van der Waals surface area contributed by atoms with Crippen molar-refractivity contribution in [2.45, 2.75) is 32.9 Å². The maximum Gasteiger partial charge on any atom is 0.254 e. The zero-order valence-electron chi connectivity index (χ0n) is 19.2. The summed E-state index contributed by atoms with van der Waals surface area (Å²) in [5.41, 5.74) is 11.7. The fourth-order valence-corrected chi connectivity index (χ4v) is 5.15. The summed E-state index contributed by atoms with van der Waals surface area (Å²) in [7, 11) is 0. The van der Waals surface area contributed by atoms with Crippen LogP contribution in [0.2, 0.25) is 0 Å². The molecule has 0 aliphatic carbocycles. The average Bonchev–Trinajstić information content (AvgIpc) is 3.38. The Balaban J connectivity index is 1.59. The molecule has 0 unspecified atom stereocenters. The summed E-state index contributed by atoms with van der Waals surface area (Å²) in [5.74, 6) is 0.380. The summed E-state index contributed by atoms with van der Waals surface area (Å²) in [6.45, 7) is 7.06. The lowest BCUT2D eigenvalue weighted by atomic mass is 9.98. The van der Waals surface area contributed by atoms with Crippen molar-refractivity contribution in [3.05, 3.63) is 66.0 Å². The number of nitrogen functional groups attached to an aromatic ring is 1. The lowest BCUT2D eigenvalue weighted by molar-refractivity contribution is 0.0614. The minimum atomic E-state index is -0.424. The number of hydrogen-bond acceptors (Lipinski definition) is 6. The molecule has 0 atom stereocenters. The summed E-state index contributed by atoms with van der Waals surface area (Å²) in [5, 5.41) is 1.78. The van der Waals surface area contributed by atoms with Gasteiger partial charge in [-0.1, -0.05) is 0 Å². The van der Waals surface area contributed by atoms with Crippen LogP contribution in [0.1, 0.15) is 35.6 Å². The van der Waals surface area contributed by atoms with Gasteiger partial charge in [0.25, 0.3) is 5.91 Å². The van der Waals surface area contributed by atoms with Crippen LogP contribution in [-0.4, -0.2) is 46.8 Å². The molecule has 0 saturated heterocycles. The first-order valence-corrected chi connectivity index (χ1v) is 11.1. The van der Waals surface area contributed by atoms with E-state index in [0.29, 0.717) is 24.5 Å². The zero-order valence-corrected chi connectivity index (χ0v) is 19.2. The quantitative estimate of drug-likeness (QED) is 0.422. The van der Waals surface area contributed by atoms with Crippen LogP contribution in [0.3, 0.4) is 0 Å². The van der Waals surface area contributed by atoms with Crippen LogP contribution in [0.15, 0.2) is 49.1 Å². The molecule has 0 spiro atoms. The first kappa shape index (κ1) is 20.3. The maximum absolute atomic E-state index is 13.5. The topological polar surface area (TPSA) is 119 Å². The number of fused-ring (bicyclic) bond motifs is 4. The molecule has 5 aromatic heterocycles. The van der Waals surface area contributed by atoms with Gasteiger partial charge >= 0.3 is 0 Å². The molecule has 6 heterocycles. The fraction of sp³-hybridized carbons (Fsp3) is 0.240. The minimum absolute atomic E-state index is 0.0293. The molecule has 6 rings (SSSR count). The molecule has 0 bridgehead atoms. The SMILES string of the molecule is Cc1cc(C(=O)N2Cc3c(-c4cc5cccnc5[nH]4)c4c(N)ncnc4n3C(C)(C)C2)ccn1. The minimum Gasteiger partial charge on any atom is -0.383 e. The smallest absolute Gasteiger partial charge is 0.254 e. The lowest BCUT2D eigenvalue weighted by Crippen LogP contribution is -2.49. The first-order valence-electron chi connectivity index (χ1n) is 11.1. The second-order valence-electron chi connectivity index (χ2n) is 9.40. The number of carbonyl (C=O) groups is 1. The van der Waals surface area contributed by atoms with Crippen LogP contribution in [-0.2, 0) is 12.1 Å². The normalized spacial score (nSPS) is 15.1. The largest absolute Gasteiger partial charge is 0.383 e. The summed E-state index contributed by atoms with van der Waals surface area (Å²) < 4.78 is 2.20. The molecular weight excluding hydrogens is 428 g/mol. The van der Waals surface area contributed by atoms with Crippen LogP contribution < -0.4 is 5.73 Å². The number of hydrogen-bond donors (Lipinski definition) is 2. The van der Waals surface area contributed by atoms with Crippen LogP contribution in [0.25, 0.3) is 33.3 Å². The van der Waals surface area contributed by atoms with E-state index in [-0.39, 0.29) is 5.91 Å². The number of nitrogens with one attached hydrogen (secondary N) is 1. The zero-order chi connectivity index (χ0) is 23.6. The molecule has 0 aromatic carbocycles. The number of H-pyrrole nitrogens is 1. The van der Waals surface area contributed by atoms with Crippen LogP contribution in [0, 0.1) is 6.92 Å². The van der Waals surface area contributed by atoms with Gasteiger partial charge in [-0.3, -0.25) is 9.78 Å². The average molecular weight is 453 g/mol. The van der Waals surface area contributed by atoms with Gasteiger partial charge in [0, 0.05) is 46.8 Å². The van der Waals surface area contributed by atoms with E-state index in [1.807, 2.05) is 30.0 Å². The number of amides is 1. The van der Waals surface area contributed by atoms with Gasteiger partial charge in [-0.15, -0.1) is 0 Å². The summed E-state index contributed by atoms with van der Waals surface area (Å²) in [6, 6.07) is 9.57. The maximum atomic E-state index is 13.5. The number of pyridine rings is 2. The summed E-state index contributed by atoms with van der Waals surface area (Å²) >= 11 is 0. The van der Waals surface area contributed by atoms with E-state index in [1.165, 1.54) is 6.33 Å². The predicted octanol–water partition coefficient (Wildman–Crippen LogP) is 3.65. The van der Waals surface area contributed by atoms with Crippen molar-refractivity contribution in [2.24, 2.45) is 0 Å². The van der Waals surface area contributed by atoms with Gasteiger partial charge in [0.15, 0.2) is 0 Å². The van der Waals surface area contributed by atoms with Crippen molar-refractivity contribution in [2.75, 3.05) is 12.3 Å². The van der Waals surface area contributed by atoms with Crippen LogP contribution >= 0.6 is 0 Å². The number of nitrogens with two attached hydrogens (primary N) is 1. The monoisotopic (exact) mass is 452 g/mol. The number of aromatic amines is 1. The van der Waals surface area contributed by atoms with Gasteiger partial charge < -0.3 is 20.2 Å². The third-order valence-electron chi connectivity index (χ3n) is 6.49. The molecule has 0 saturated carbocycles. The number of aryl methyl sites for hydroxylation is 1. The summed E-state index contributed by atoms with van der Waals surface area (Å²) in [4.78, 5) is 36.4. The lowest BCUT2D eigenvalue weighted by Gasteiger charge is -2.41. The number of anilines is 1. The molecular formula is C25H24N8O. The second-order valence-corrected chi connectivity index (χ2v) is 9.40. The standard InChI is InChI=1S/C25H24N8O/c1-14-9-16(6-8-27-14)24(34)32-11-18-19(17-10-15-5-4-7-28-22(15)31-17)20-21(26)29-13-30-23(20)33(18)25(2,3)12-32/h4-10,13H,11-12H2,1-3H3,(H,28,31)(H2,26,29,30). The van der Waals surface area contributed by atoms with E-state index in [1.54, 1.807) is 18.5 Å². The molecule has 9 nitrogen and oxygen atoms in total. The molecule has 1 amide bonds.